The number of nitrogens with one attached hydrogen (secondary N) is 1. The number of fused-ring (bicyclic) bond motifs is 3. The number of aromatic nitrogens is 3. The molecular formula is C40H50N8O5. The van der Waals surface area contributed by atoms with E-state index in [1.807, 2.05) is 30.5 Å². The average molecular weight is 723 g/mol. The van der Waals surface area contributed by atoms with E-state index in [4.69, 9.17) is 14.5 Å². The first-order chi connectivity index (χ1) is 25.6. The lowest BCUT2D eigenvalue weighted by Crippen LogP contribution is -2.63. The second kappa shape index (κ2) is 15.5. The van der Waals surface area contributed by atoms with Crippen LogP contribution in [0.2, 0.25) is 0 Å². The van der Waals surface area contributed by atoms with Gasteiger partial charge in [-0.05, 0) is 87.5 Å². The van der Waals surface area contributed by atoms with Crippen LogP contribution in [-0.4, -0.2) is 100 Å². The van der Waals surface area contributed by atoms with E-state index in [0.29, 0.717) is 66.2 Å². The third kappa shape index (κ3) is 7.45. The molecular weight excluding hydrogens is 672 g/mol. The van der Waals surface area contributed by atoms with E-state index in [2.05, 4.69) is 45.1 Å². The Bertz CT molecular complexity index is 1900. The summed E-state index contributed by atoms with van der Waals surface area (Å²) in [7, 11) is 1.64. The summed E-state index contributed by atoms with van der Waals surface area (Å²) in [6.07, 6.45) is 11.3. The molecule has 3 aromatic rings. The Balaban J connectivity index is 1.13. The zero-order chi connectivity index (χ0) is 37.2. The van der Waals surface area contributed by atoms with Crippen LogP contribution in [-0.2, 0) is 51.5 Å². The van der Waals surface area contributed by atoms with Gasteiger partial charge in [0.2, 0.25) is 0 Å². The number of hydrogen-bond donors (Lipinski definition) is 1. The van der Waals surface area contributed by atoms with Crippen LogP contribution in [0, 0.1) is 0 Å². The number of allylic oxidation sites excluding steroid dienone is 1. The predicted octanol–water partition coefficient (Wildman–Crippen LogP) is 4.32. The van der Waals surface area contributed by atoms with Crippen molar-refractivity contribution in [2.24, 2.45) is 0 Å². The van der Waals surface area contributed by atoms with Crippen LogP contribution in [0.25, 0.3) is 0 Å². The van der Waals surface area contributed by atoms with E-state index in [1.54, 1.807) is 24.2 Å². The van der Waals surface area contributed by atoms with Crippen LogP contribution in [0.5, 0.6) is 0 Å². The molecule has 3 aliphatic heterocycles. The molecule has 0 spiro atoms. The maximum atomic E-state index is 14.0. The largest absolute Gasteiger partial charge is 0.461 e. The van der Waals surface area contributed by atoms with E-state index in [-0.39, 0.29) is 18.4 Å². The standard InChI is InChI=1S/C40H50N8O5/c1-6-44(5)39(50)34(43-37-14-12-31(20-42-37)47-21-27(3)48(22-26(47)2)32-23-52-24-32)13-11-29-15-16-41-38(33(29)25-53-28(4)49)46-18-17-45-35-10-8-7-9-30(35)19-36(45)40(46)51/h6,12-16,19-20,26-27,32H,1,7-11,17-18,21-25H2,2-5H3,(H,42,43)/b34-13+/t26-,27+/m0/s1. The van der Waals surface area contributed by atoms with Crippen molar-refractivity contribution in [2.75, 3.05) is 55.0 Å². The topological polar surface area (TPSA) is 125 Å². The zero-order valence-corrected chi connectivity index (χ0v) is 31.2. The number of esters is 1. The van der Waals surface area contributed by atoms with Crippen molar-refractivity contribution in [2.45, 2.75) is 84.2 Å². The molecule has 0 unspecified atom stereocenters. The van der Waals surface area contributed by atoms with Gasteiger partial charge in [0.15, 0.2) is 0 Å². The lowest BCUT2D eigenvalue weighted by Gasteiger charge is -2.50. The number of carbonyl (C=O) groups excluding carboxylic acids is 3. The molecule has 3 aromatic heterocycles. The van der Waals surface area contributed by atoms with Gasteiger partial charge in [0.25, 0.3) is 11.8 Å². The van der Waals surface area contributed by atoms with Crippen LogP contribution >= 0.6 is 0 Å². The molecule has 0 bridgehead atoms. The Morgan fingerprint density at radius 3 is 2.62 bits per heavy atom. The highest BCUT2D eigenvalue weighted by Crippen LogP contribution is 2.32. The number of likely N-dealkylation sites (N-methyl/N-ethyl adjacent to an activating group) is 1. The number of anilines is 3. The lowest BCUT2D eigenvalue weighted by atomic mass is 9.98. The molecule has 2 fully saturated rings. The Hall–Kier alpha value is -5.01. The van der Waals surface area contributed by atoms with Gasteiger partial charge in [-0.3, -0.25) is 24.2 Å². The smallest absolute Gasteiger partial charge is 0.302 e. The van der Waals surface area contributed by atoms with E-state index >= 15 is 0 Å². The first kappa shape index (κ1) is 36.4. The third-order valence-electron chi connectivity index (χ3n) is 11.0. The van der Waals surface area contributed by atoms with Crippen molar-refractivity contribution in [3.05, 3.63) is 89.3 Å². The lowest BCUT2D eigenvalue weighted by molar-refractivity contribution is -0.142. The van der Waals surface area contributed by atoms with Crippen molar-refractivity contribution in [1.82, 2.24) is 24.3 Å². The average Bonchev–Trinajstić information content (AvgIpc) is 3.53. The molecule has 4 aliphatic rings. The maximum Gasteiger partial charge on any atom is 0.302 e. The van der Waals surface area contributed by atoms with Crippen LogP contribution < -0.4 is 15.1 Å². The van der Waals surface area contributed by atoms with Gasteiger partial charge in [-0.2, -0.15) is 0 Å². The number of amides is 2. The summed E-state index contributed by atoms with van der Waals surface area (Å²) < 4.78 is 13.1. The van der Waals surface area contributed by atoms with Gasteiger partial charge in [-0.1, -0.05) is 12.7 Å². The highest BCUT2D eigenvalue weighted by Gasteiger charge is 2.37. The quantitative estimate of drug-likeness (QED) is 0.226. The van der Waals surface area contributed by atoms with Gasteiger partial charge in [0.1, 0.15) is 29.6 Å². The third-order valence-corrected chi connectivity index (χ3v) is 11.0. The van der Waals surface area contributed by atoms with Crippen LogP contribution in [0.15, 0.2) is 61.2 Å². The minimum Gasteiger partial charge on any atom is -0.461 e. The molecule has 2 atom stereocenters. The van der Waals surface area contributed by atoms with Gasteiger partial charge < -0.3 is 29.2 Å². The molecule has 0 saturated carbocycles. The van der Waals surface area contributed by atoms with Gasteiger partial charge in [-0.25, -0.2) is 9.97 Å². The number of hydrogen-bond acceptors (Lipinski definition) is 10. The van der Waals surface area contributed by atoms with Crippen LogP contribution in [0.3, 0.4) is 0 Å². The predicted molar refractivity (Wildman–Crippen MR) is 203 cm³/mol. The highest BCUT2D eigenvalue weighted by atomic mass is 16.5. The summed E-state index contributed by atoms with van der Waals surface area (Å²) in [5, 5.41) is 3.24. The number of ether oxygens (including phenoxy) is 2. The normalized spacial score (nSPS) is 20.7. The number of rotatable bonds is 11. The van der Waals surface area contributed by atoms with Crippen molar-refractivity contribution in [3.8, 4) is 0 Å². The molecule has 0 radical (unpaired) electrons. The Kier molecular flexibility index (Phi) is 10.7. The number of aryl methyl sites for hydroxylation is 1. The molecule has 0 aromatic carbocycles. The monoisotopic (exact) mass is 722 g/mol. The maximum absolute atomic E-state index is 14.0. The van der Waals surface area contributed by atoms with E-state index < -0.39 is 5.97 Å². The summed E-state index contributed by atoms with van der Waals surface area (Å²) in [4.78, 5) is 57.0. The number of pyridine rings is 2. The highest BCUT2D eigenvalue weighted by molar-refractivity contribution is 6.06. The van der Waals surface area contributed by atoms with Gasteiger partial charge in [0, 0.05) is 69.7 Å². The minimum atomic E-state index is -0.439. The summed E-state index contributed by atoms with van der Waals surface area (Å²) in [6.45, 7) is 14.1. The molecule has 280 valence electrons. The molecule has 2 saturated heterocycles. The first-order valence-electron chi connectivity index (χ1n) is 18.7. The van der Waals surface area contributed by atoms with Gasteiger partial charge in [0.05, 0.1) is 31.1 Å². The fraction of sp³-hybridized carbons (Fsp3) is 0.475. The Morgan fingerprint density at radius 1 is 1.09 bits per heavy atom. The number of carbonyl (C=O) groups is 3. The van der Waals surface area contributed by atoms with Crippen molar-refractivity contribution >= 4 is 35.1 Å². The van der Waals surface area contributed by atoms with Crippen molar-refractivity contribution < 1.29 is 23.9 Å². The summed E-state index contributed by atoms with van der Waals surface area (Å²) in [5.41, 5.74) is 5.93. The molecule has 13 heteroatoms. The van der Waals surface area contributed by atoms with Crippen molar-refractivity contribution in [1.29, 1.82) is 0 Å². The molecule has 6 heterocycles. The Labute approximate surface area is 311 Å². The summed E-state index contributed by atoms with van der Waals surface area (Å²) in [5.74, 6) is 0.131. The van der Waals surface area contributed by atoms with E-state index in [9.17, 15) is 14.4 Å². The van der Waals surface area contributed by atoms with Crippen LogP contribution in [0.1, 0.15) is 66.5 Å². The van der Waals surface area contributed by atoms with Crippen LogP contribution in [0.4, 0.5) is 17.3 Å². The molecule has 1 N–H and O–H groups in total. The van der Waals surface area contributed by atoms with E-state index in [0.717, 1.165) is 63.2 Å². The molecule has 2 amide bonds. The first-order valence-corrected chi connectivity index (χ1v) is 18.7. The van der Waals surface area contributed by atoms with E-state index in [1.165, 1.54) is 29.3 Å². The van der Waals surface area contributed by atoms with Crippen molar-refractivity contribution in [3.63, 3.8) is 0 Å². The summed E-state index contributed by atoms with van der Waals surface area (Å²) >= 11 is 0. The Morgan fingerprint density at radius 2 is 1.91 bits per heavy atom. The second-order valence-electron chi connectivity index (χ2n) is 14.6. The zero-order valence-electron chi connectivity index (χ0n) is 31.2. The minimum absolute atomic E-state index is 0.0605. The molecule has 53 heavy (non-hydrogen) atoms. The molecule has 1 aliphatic carbocycles. The molecule has 13 nitrogen and oxygen atoms in total. The SMILES string of the molecule is C=CN(C)C(=O)/C(=C\Cc1ccnc(N2CCn3c(cc4c3CCCC4)C2=O)c1COC(C)=O)Nc1ccc(N2C[C@@H](C)N(C3COC3)C[C@@H]2C)cn1. The number of nitrogens with zero attached hydrogens (tertiary/aromatic N) is 7. The molecule has 7 rings (SSSR count). The second-order valence-corrected chi connectivity index (χ2v) is 14.6. The van der Waals surface area contributed by atoms with Gasteiger partial charge >= 0.3 is 5.97 Å². The number of piperazine rings is 1. The fourth-order valence-corrected chi connectivity index (χ4v) is 8.00. The van der Waals surface area contributed by atoms with Gasteiger partial charge in [-0.15, -0.1) is 0 Å². The summed E-state index contributed by atoms with van der Waals surface area (Å²) in [6, 6.07) is 9.00. The fourth-order valence-electron chi connectivity index (χ4n) is 8.00.